The molecule has 1 atom stereocenters. The lowest BCUT2D eigenvalue weighted by molar-refractivity contribution is 0.602. The molecule has 3 aliphatic rings. The van der Waals surface area contributed by atoms with Crippen LogP contribution in [-0.2, 0) is 17.3 Å². The number of aryl methyl sites for hydroxylation is 5. The first-order chi connectivity index (χ1) is 34.6. The van der Waals surface area contributed by atoms with E-state index in [2.05, 4.69) is 223 Å². The third-order valence-electron chi connectivity index (χ3n) is 14.8. The topological polar surface area (TPSA) is 0 Å². The van der Waals surface area contributed by atoms with Crippen LogP contribution in [0.15, 0.2) is 181 Å². The van der Waals surface area contributed by atoms with Crippen LogP contribution in [0, 0.1) is 52.9 Å². The molecule has 0 amide bonds. The van der Waals surface area contributed by atoms with Gasteiger partial charge in [-0.05, 0) is 151 Å². The highest BCUT2D eigenvalue weighted by Crippen LogP contribution is 2.53. The van der Waals surface area contributed by atoms with Gasteiger partial charge in [-0.15, -0.1) is 6.42 Å². The molecule has 0 bridgehead atoms. The Morgan fingerprint density at radius 3 is 1.71 bits per heavy atom. The van der Waals surface area contributed by atoms with Crippen molar-refractivity contribution in [1.82, 2.24) is 0 Å². The normalized spacial score (nSPS) is 15.5. The zero-order chi connectivity index (χ0) is 52.2. The molecule has 0 saturated carbocycles. The van der Waals surface area contributed by atoms with Gasteiger partial charge in [0.15, 0.2) is 0 Å². The minimum Gasteiger partial charge on any atom is -0.115 e. The summed E-state index contributed by atoms with van der Waals surface area (Å²) in [7, 11) is 0. The molecule has 370 valence electrons. The molecule has 0 spiro atoms. The summed E-state index contributed by atoms with van der Waals surface area (Å²) in [5, 5.41) is 2.72. The van der Waals surface area contributed by atoms with Gasteiger partial charge in [0, 0.05) is 16.4 Å². The van der Waals surface area contributed by atoms with E-state index in [-0.39, 0.29) is 10.8 Å². The molecule has 7 aromatic rings. The summed E-state index contributed by atoms with van der Waals surface area (Å²) in [6, 6.07) is 52.8. The first kappa shape index (κ1) is 54.6. The summed E-state index contributed by atoms with van der Waals surface area (Å²) in [6.45, 7) is 30.9. The first-order valence-electron chi connectivity index (χ1n) is 26.7. The second kappa shape index (κ2) is 24.6. The van der Waals surface area contributed by atoms with Crippen molar-refractivity contribution in [3.05, 3.63) is 248 Å². The van der Waals surface area contributed by atoms with Gasteiger partial charge in [-0.1, -0.05) is 265 Å². The van der Waals surface area contributed by atoms with Crippen LogP contribution in [0.25, 0.3) is 33.0 Å². The number of allylic oxidation sites excluding steroid dienone is 8. The molecule has 0 fully saturated rings. The molecule has 0 heteroatoms. The molecule has 0 radical (unpaired) electrons. The lowest BCUT2D eigenvalue weighted by Crippen LogP contribution is -2.17. The predicted octanol–water partition coefficient (Wildman–Crippen LogP) is 20.2. The molecule has 0 aliphatic heterocycles. The van der Waals surface area contributed by atoms with Crippen molar-refractivity contribution in [3.8, 4) is 23.5 Å². The second-order valence-corrected chi connectivity index (χ2v) is 21.0. The number of rotatable bonds is 6. The zero-order valence-electron chi connectivity index (χ0n) is 46.4. The van der Waals surface area contributed by atoms with Gasteiger partial charge in [-0.3, -0.25) is 0 Å². The van der Waals surface area contributed by atoms with Crippen molar-refractivity contribution in [2.45, 2.75) is 140 Å². The van der Waals surface area contributed by atoms with Crippen molar-refractivity contribution in [2.75, 3.05) is 0 Å². The Kier molecular flexibility index (Phi) is 18.7. The molecule has 0 nitrogen and oxygen atoms in total. The van der Waals surface area contributed by atoms with Crippen molar-refractivity contribution in [1.29, 1.82) is 0 Å². The Morgan fingerprint density at radius 1 is 0.611 bits per heavy atom. The lowest BCUT2D eigenvalue weighted by Gasteiger charge is -2.25. The third kappa shape index (κ3) is 12.3. The highest BCUT2D eigenvalue weighted by atomic mass is 14.4. The lowest BCUT2D eigenvalue weighted by atomic mass is 9.79. The van der Waals surface area contributed by atoms with Gasteiger partial charge in [-0.25, -0.2) is 0 Å². The molecule has 0 aromatic heterocycles. The van der Waals surface area contributed by atoms with Crippen molar-refractivity contribution in [3.63, 3.8) is 0 Å². The van der Waals surface area contributed by atoms with Crippen LogP contribution >= 0.6 is 0 Å². The highest BCUT2D eigenvalue weighted by Gasteiger charge is 2.38. The van der Waals surface area contributed by atoms with Crippen LogP contribution in [0.2, 0.25) is 0 Å². The van der Waals surface area contributed by atoms with Crippen LogP contribution in [0.4, 0.5) is 0 Å². The molecule has 0 heterocycles. The predicted molar refractivity (Wildman–Crippen MR) is 318 cm³/mol. The summed E-state index contributed by atoms with van der Waals surface area (Å²) in [5.74, 6) is 3.54. The number of terminal acetylenes is 1. The maximum atomic E-state index is 5.95. The van der Waals surface area contributed by atoms with E-state index in [0.29, 0.717) is 5.92 Å². The monoisotopic (exact) mass is 947 g/mol. The van der Waals surface area contributed by atoms with Gasteiger partial charge in [0.25, 0.3) is 0 Å². The fourth-order valence-corrected chi connectivity index (χ4v) is 10.8. The minimum absolute atomic E-state index is 0.0176. The first-order valence-corrected chi connectivity index (χ1v) is 26.7. The Morgan fingerprint density at radius 2 is 1.17 bits per heavy atom. The number of fused-ring (bicyclic) bond motifs is 6. The Balaban J connectivity index is 0.000000203. The van der Waals surface area contributed by atoms with Crippen LogP contribution in [-0.4, -0.2) is 0 Å². The fraction of sp³-hybridized carbons (Fsp3) is 0.306. The molecular formula is C72H82. The van der Waals surface area contributed by atoms with E-state index in [4.69, 9.17) is 6.42 Å². The van der Waals surface area contributed by atoms with Gasteiger partial charge >= 0.3 is 0 Å². The molecule has 10 rings (SSSR count). The molecule has 7 aromatic carbocycles. The van der Waals surface area contributed by atoms with Crippen LogP contribution in [0.5, 0.6) is 0 Å². The van der Waals surface area contributed by atoms with E-state index >= 15 is 0 Å². The van der Waals surface area contributed by atoms with Crippen LogP contribution < -0.4 is 0 Å². The van der Waals surface area contributed by atoms with E-state index in [1.807, 2.05) is 50.2 Å². The Labute approximate surface area is 436 Å². The highest BCUT2D eigenvalue weighted by molar-refractivity contribution is 6.04. The fourth-order valence-electron chi connectivity index (χ4n) is 10.8. The van der Waals surface area contributed by atoms with E-state index < -0.39 is 0 Å². The Bertz CT molecular complexity index is 3090. The SMILES string of the molecule is C#CC1=C(c2ccc(Cc3cc4c(c5ccccc35)-c3ccc(C)cc3C4(C)C)cc2C)C=CC(C)CC1.C/C=C\C1=C(CCC)C(C)(C)c2cc(C)ccc21.CC.Cc1ccccc1.Cc1ccccc1. The summed E-state index contributed by atoms with van der Waals surface area (Å²) >= 11 is 0. The maximum Gasteiger partial charge on any atom is 0.0159 e. The quantitative estimate of drug-likeness (QED) is 0.146. The average molecular weight is 947 g/mol. The maximum absolute atomic E-state index is 5.95. The molecule has 3 aliphatic carbocycles. The Hall–Kier alpha value is -6.68. The molecular weight excluding hydrogens is 865 g/mol. The number of hydrogen-bond donors (Lipinski definition) is 0. The van der Waals surface area contributed by atoms with Gasteiger partial charge in [0.05, 0.1) is 0 Å². The molecule has 0 saturated heterocycles. The van der Waals surface area contributed by atoms with E-state index in [9.17, 15) is 0 Å². The molecule has 0 N–H and O–H groups in total. The van der Waals surface area contributed by atoms with Gasteiger partial charge in [-0.2, -0.15) is 0 Å². The van der Waals surface area contributed by atoms with Gasteiger partial charge in [0.2, 0.25) is 0 Å². The van der Waals surface area contributed by atoms with Crippen LogP contribution in [0.1, 0.15) is 155 Å². The van der Waals surface area contributed by atoms with Gasteiger partial charge < -0.3 is 0 Å². The number of benzene rings is 7. The summed E-state index contributed by atoms with van der Waals surface area (Å²) in [6.07, 6.45) is 20.4. The van der Waals surface area contributed by atoms with Crippen LogP contribution in [0.3, 0.4) is 0 Å². The number of hydrogen-bond acceptors (Lipinski definition) is 0. The van der Waals surface area contributed by atoms with E-state index in [1.54, 1.807) is 5.57 Å². The molecule has 1 unspecified atom stereocenters. The van der Waals surface area contributed by atoms with E-state index in [0.717, 1.165) is 24.8 Å². The third-order valence-corrected chi connectivity index (χ3v) is 14.8. The minimum atomic E-state index is -0.0176. The average Bonchev–Trinajstić information content (AvgIpc) is 3.60. The van der Waals surface area contributed by atoms with Crippen molar-refractivity contribution < 1.29 is 0 Å². The largest absolute Gasteiger partial charge is 0.115 e. The molecule has 72 heavy (non-hydrogen) atoms. The van der Waals surface area contributed by atoms with Crippen molar-refractivity contribution >= 4 is 21.9 Å². The van der Waals surface area contributed by atoms with Crippen molar-refractivity contribution in [2.24, 2.45) is 5.92 Å². The zero-order valence-corrected chi connectivity index (χ0v) is 46.4. The standard InChI is InChI=1S/C38H36.C18H24.2C7H8.C2H6/c1-7-28-16-12-24(2)13-17-32(28)30-19-15-27(21-26(30)4)22-29-23-36-37(33-11-9-8-10-31(29)33)34-18-14-25(3)20-35(34)38(36,5)6;1-6-8-14-15-11-10-13(3)12-17(15)18(4,5)16(14)9-7-2;2*1-7-5-3-2-4-6-7;1-2/h1,8-11,13-15,17-21,23-24H,12,16,22H2,2-6H3;6,8,10-12H,7,9H2,1-5H3;2*2-6H,1H3;1-2H3/b;8-6-;;;. The summed E-state index contributed by atoms with van der Waals surface area (Å²) in [5.41, 5.74) is 24.8. The second-order valence-electron chi connectivity index (χ2n) is 21.0. The summed E-state index contributed by atoms with van der Waals surface area (Å²) < 4.78 is 0. The smallest absolute Gasteiger partial charge is 0.0159 e. The summed E-state index contributed by atoms with van der Waals surface area (Å²) in [4.78, 5) is 0. The van der Waals surface area contributed by atoms with Gasteiger partial charge in [0.1, 0.15) is 0 Å². The van der Waals surface area contributed by atoms with E-state index in [1.165, 1.54) is 113 Å².